The van der Waals surface area contributed by atoms with E-state index in [-0.39, 0.29) is 16.7 Å². The van der Waals surface area contributed by atoms with Gasteiger partial charge in [-0.15, -0.1) is 0 Å². The van der Waals surface area contributed by atoms with Crippen molar-refractivity contribution in [3.05, 3.63) is 53.6 Å². The van der Waals surface area contributed by atoms with Gasteiger partial charge in [0, 0.05) is 11.1 Å². The van der Waals surface area contributed by atoms with Crippen LogP contribution in [0.1, 0.15) is 10.4 Å². The third-order valence-corrected chi connectivity index (χ3v) is 2.66. The van der Waals surface area contributed by atoms with Crippen LogP contribution in [0.5, 0.6) is 5.75 Å². The molecule has 0 fully saturated rings. The highest BCUT2D eigenvalue weighted by atomic mass is 19.1. The van der Waals surface area contributed by atoms with E-state index >= 15 is 0 Å². The lowest BCUT2D eigenvalue weighted by Crippen LogP contribution is -2.01. The summed E-state index contributed by atoms with van der Waals surface area (Å²) in [6.45, 7) is 0. The van der Waals surface area contributed by atoms with Gasteiger partial charge in [0.15, 0.2) is 0 Å². The molecule has 98 valence electrons. The SMILES string of the molecule is COc1ccc(F)cc1-c1ccc(F)cc1C(=O)O. The zero-order chi connectivity index (χ0) is 14.0. The Balaban J connectivity index is 2.71. The van der Waals surface area contributed by atoms with Gasteiger partial charge >= 0.3 is 5.97 Å². The highest BCUT2D eigenvalue weighted by Gasteiger charge is 2.16. The number of methoxy groups -OCH3 is 1. The average Bonchev–Trinajstić information content (AvgIpc) is 2.38. The molecule has 19 heavy (non-hydrogen) atoms. The Morgan fingerprint density at radius 2 is 1.68 bits per heavy atom. The van der Waals surface area contributed by atoms with Crippen LogP contribution < -0.4 is 4.74 Å². The van der Waals surface area contributed by atoms with Crippen LogP contribution in [0.2, 0.25) is 0 Å². The zero-order valence-corrected chi connectivity index (χ0v) is 9.98. The van der Waals surface area contributed by atoms with Crippen molar-refractivity contribution >= 4 is 5.97 Å². The fraction of sp³-hybridized carbons (Fsp3) is 0.0714. The number of hydrogen-bond donors (Lipinski definition) is 1. The topological polar surface area (TPSA) is 46.5 Å². The largest absolute Gasteiger partial charge is 0.496 e. The Morgan fingerprint density at radius 1 is 1.05 bits per heavy atom. The normalized spacial score (nSPS) is 10.3. The second-order valence-corrected chi connectivity index (χ2v) is 3.84. The summed E-state index contributed by atoms with van der Waals surface area (Å²) in [5.74, 6) is -2.18. The predicted octanol–water partition coefficient (Wildman–Crippen LogP) is 3.34. The van der Waals surface area contributed by atoms with Crippen LogP contribution >= 0.6 is 0 Å². The molecule has 3 nitrogen and oxygen atoms in total. The van der Waals surface area contributed by atoms with Crippen LogP contribution in [0.25, 0.3) is 11.1 Å². The number of hydrogen-bond acceptors (Lipinski definition) is 2. The lowest BCUT2D eigenvalue weighted by atomic mass is 9.98. The van der Waals surface area contributed by atoms with Crippen LogP contribution in [0, 0.1) is 11.6 Å². The Hall–Kier alpha value is -2.43. The number of carboxylic acid groups (broad SMARTS) is 1. The Morgan fingerprint density at radius 3 is 2.32 bits per heavy atom. The molecule has 2 rings (SSSR count). The fourth-order valence-corrected chi connectivity index (χ4v) is 1.82. The molecule has 5 heteroatoms. The monoisotopic (exact) mass is 264 g/mol. The van der Waals surface area contributed by atoms with Gasteiger partial charge in [-0.05, 0) is 30.3 Å². The molecule has 0 spiro atoms. The van der Waals surface area contributed by atoms with Gasteiger partial charge in [-0.2, -0.15) is 0 Å². The van der Waals surface area contributed by atoms with E-state index in [2.05, 4.69) is 0 Å². The summed E-state index contributed by atoms with van der Waals surface area (Å²) in [6, 6.07) is 7.04. The maximum atomic E-state index is 13.3. The summed E-state index contributed by atoms with van der Waals surface area (Å²) in [5, 5.41) is 9.08. The molecule has 1 N–H and O–H groups in total. The number of carbonyl (C=O) groups is 1. The summed E-state index contributed by atoms with van der Waals surface area (Å²) in [7, 11) is 1.39. The third-order valence-electron chi connectivity index (χ3n) is 2.66. The van der Waals surface area contributed by atoms with Crippen LogP contribution in [0.3, 0.4) is 0 Å². The zero-order valence-electron chi connectivity index (χ0n) is 9.98. The molecule has 0 saturated heterocycles. The summed E-state index contributed by atoms with van der Waals surface area (Å²) in [4.78, 5) is 11.1. The van der Waals surface area contributed by atoms with E-state index in [1.807, 2.05) is 0 Å². The number of aromatic carboxylic acids is 1. The van der Waals surface area contributed by atoms with E-state index in [1.54, 1.807) is 0 Å². The van der Waals surface area contributed by atoms with Gasteiger partial charge < -0.3 is 9.84 Å². The van der Waals surface area contributed by atoms with Crippen molar-refractivity contribution in [3.8, 4) is 16.9 Å². The van der Waals surface area contributed by atoms with Crippen molar-refractivity contribution in [2.45, 2.75) is 0 Å². The number of rotatable bonds is 3. The lowest BCUT2D eigenvalue weighted by molar-refractivity contribution is 0.0697. The van der Waals surface area contributed by atoms with Crippen molar-refractivity contribution < 1.29 is 23.4 Å². The molecule has 0 aliphatic rings. The van der Waals surface area contributed by atoms with Crippen LogP contribution in [-0.2, 0) is 0 Å². The minimum absolute atomic E-state index is 0.199. The van der Waals surface area contributed by atoms with Gasteiger partial charge in [0.05, 0.1) is 12.7 Å². The minimum Gasteiger partial charge on any atom is -0.496 e. The Kier molecular flexibility index (Phi) is 3.46. The molecule has 0 radical (unpaired) electrons. The molecule has 2 aromatic carbocycles. The van der Waals surface area contributed by atoms with Gasteiger partial charge in [0.2, 0.25) is 0 Å². The van der Waals surface area contributed by atoms with Crippen LogP contribution in [0.15, 0.2) is 36.4 Å². The molecular formula is C14H10F2O3. The Labute approximate surface area is 108 Å². The van der Waals surface area contributed by atoms with Crippen LogP contribution in [-0.4, -0.2) is 18.2 Å². The average molecular weight is 264 g/mol. The number of benzene rings is 2. The van der Waals surface area contributed by atoms with Crippen LogP contribution in [0.4, 0.5) is 8.78 Å². The molecular weight excluding hydrogens is 254 g/mol. The molecule has 0 unspecified atom stereocenters. The quantitative estimate of drug-likeness (QED) is 0.924. The second-order valence-electron chi connectivity index (χ2n) is 3.84. The fourth-order valence-electron chi connectivity index (χ4n) is 1.82. The molecule has 0 aromatic heterocycles. The van der Waals surface area contributed by atoms with Gasteiger partial charge in [0.25, 0.3) is 0 Å². The summed E-state index contributed by atoms with van der Waals surface area (Å²) >= 11 is 0. The predicted molar refractivity (Wildman–Crippen MR) is 65.3 cm³/mol. The van der Waals surface area contributed by atoms with E-state index in [4.69, 9.17) is 9.84 Å². The minimum atomic E-state index is -1.29. The summed E-state index contributed by atoms with van der Waals surface area (Å²) in [6.07, 6.45) is 0. The second kappa shape index (κ2) is 5.06. The molecule has 0 aliphatic carbocycles. The summed E-state index contributed by atoms with van der Waals surface area (Å²) in [5.41, 5.74) is 0.217. The highest BCUT2D eigenvalue weighted by Crippen LogP contribution is 2.33. The van der Waals surface area contributed by atoms with Gasteiger partial charge in [-0.25, -0.2) is 13.6 Å². The molecule has 0 amide bonds. The maximum Gasteiger partial charge on any atom is 0.336 e. The van der Waals surface area contributed by atoms with Gasteiger partial charge in [-0.1, -0.05) is 6.07 Å². The van der Waals surface area contributed by atoms with E-state index in [9.17, 15) is 13.6 Å². The smallest absolute Gasteiger partial charge is 0.336 e. The molecule has 0 saturated carbocycles. The Bertz CT molecular complexity index is 639. The molecule has 2 aromatic rings. The van der Waals surface area contributed by atoms with Gasteiger partial charge in [-0.3, -0.25) is 0 Å². The highest BCUT2D eigenvalue weighted by molar-refractivity contribution is 5.97. The van der Waals surface area contributed by atoms with Crippen molar-refractivity contribution in [2.24, 2.45) is 0 Å². The van der Waals surface area contributed by atoms with E-state index < -0.39 is 17.6 Å². The summed E-state index contributed by atoms with van der Waals surface area (Å²) < 4.78 is 31.5. The maximum absolute atomic E-state index is 13.3. The van der Waals surface area contributed by atoms with Crippen molar-refractivity contribution in [2.75, 3.05) is 7.11 Å². The first-order chi connectivity index (χ1) is 9.02. The number of halogens is 2. The van der Waals surface area contributed by atoms with Crippen molar-refractivity contribution in [1.29, 1.82) is 0 Å². The van der Waals surface area contributed by atoms with Crippen molar-refractivity contribution in [1.82, 2.24) is 0 Å². The lowest BCUT2D eigenvalue weighted by Gasteiger charge is -2.11. The number of ether oxygens (including phenoxy) is 1. The first-order valence-electron chi connectivity index (χ1n) is 5.39. The molecule has 0 atom stereocenters. The first kappa shape index (κ1) is 13.0. The number of carboxylic acids is 1. The van der Waals surface area contributed by atoms with E-state index in [1.165, 1.54) is 25.3 Å². The third kappa shape index (κ3) is 2.54. The van der Waals surface area contributed by atoms with E-state index in [0.717, 1.165) is 18.2 Å². The molecule has 0 bridgehead atoms. The molecule has 0 heterocycles. The first-order valence-corrected chi connectivity index (χ1v) is 5.39. The van der Waals surface area contributed by atoms with Gasteiger partial charge in [0.1, 0.15) is 17.4 Å². The standard InChI is InChI=1S/C14H10F2O3/c1-19-13-5-3-9(16)6-11(13)10-4-2-8(15)7-12(10)14(17)18/h2-7H,1H3,(H,17,18). The van der Waals surface area contributed by atoms with Crippen molar-refractivity contribution in [3.63, 3.8) is 0 Å². The van der Waals surface area contributed by atoms with E-state index in [0.29, 0.717) is 5.75 Å². The molecule has 0 aliphatic heterocycles.